The summed E-state index contributed by atoms with van der Waals surface area (Å²) >= 11 is 0. The zero-order chi connectivity index (χ0) is 17.5. The average Bonchev–Trinajstić information content (AvgIpc) is 2.65. The largest absolute Gasteiger partial charge is 0.493 e. The van der Waals surface area contributed by atoms with E-state index in [9.17, 15) is 10.1 Å². The summed E-state index contributed by atoms with van der Waals surface area (Å²) in [7, 11) is 4.46. The second kappa shape index (κ2) is 7.83. The van der Waals surface area contributed by atoms with Crippen LogP contribution in [0.25, 0.3) is 0 Å². The number of hydrogen-bond acceptors (Lipinski definition) is 6. The second-order valence-corrected chi connectivity index (χ2v) is 4.74. The number of pyridine rings is 1. The number of hydrogen-bond donors (Lipinski definition) is 1. The zero-order valence-corrected chi connectivity index (χ0v) is 13.6. The van der Waals surface area contributed by atoms with Crippen molar-refractivity contribution in [1.82, 2.24) is 10.3 Å². The number of nitrogens with zero attached hydrogens (tertiary/aromatic N) is 2. The fraction of sp³-hybridized carbons (Fsp3) is 0.235. The van der Waals surface area contributed by atoms with Gasteiger partial charge in [0.15, 0.2) is 11.5 Å². The Kier molecular flexibility index (Phi) is 5.58. The van der Waals surface area contributed by atoms with Crippen molar-refractivity contribution in [3.05, 3.63) is 47.8 Å². The van der Waals surface area contributed by atoms with Crippen LogP contribution in [0.5, 0.6) is 17.2 Å². The third kappa shape index (κ3) is 3.55. The Labute approximate surface area is 139 Å². The quantitative estimate of drug-likeness (QED) is 0.873. The van der Waals surface area contributed by atoms with Gasteiger partial charge in [0.05, 0.1) is 33.0 Å². The summed E-state index contributed by atoms with van der Waals surface area (Å²) in [5.41, 5.74) is 0.884. The Balaban J connectivity index is 2.34. The topological polar surface area (TPSA) is 93.5 Å². The van der Waals surface area contributed by atoms with Gasteiger partial charge in [-0.15, -0.1) is 0 Å². The first-order valence-corrected chi connectivity index (χ1v) is 7.05. The summed E-state index contributed by atoms with van der Waals surface area (Å²) in [5, 5.41) is 12.1. The summed E-state index contributed by atoms with van der Waals surface area (Å²) in [4.78, 5) is 16.1. The molecular weight excluding hydrogens is 310 g/mol. The van der Waals surface area contributed by atoms with Gasteiger partial charge in [-0.05, 0) is 29.8 Å². The summed E-state index contributed by atoms with van der Waals surface area (Å²) in [6.07, 6.45) is 3.00. The van der Waals surface area contributed by atoms with E-state index in [1.54, 1.807) is 30.5 Å². The molecule has 1 amide bonds. The molecule has 1 aromatic heterocycles. The highest BCUT2D eigenvalue weighted by atomic mass is 16.5. The number of benzene rings is 1. The smallest absolute Gasteiger partial charge is 0.254 e. The maximum atomic E-state index is 12.2. The SMILES string of the molecule is COc1cc(C(C#N)NC(=O)c2cccnc2)cc(OC)c1OC. The lowest BCUT2D eigenvalue weighted by Crippen LogP contribution is -2.27. The Morgan fingerprint density at radius 2 is 1.88 bits per heavy atom. The first-order chi connectivity index (χ1) is 11.6. The molecule has 0 spiro atoms. The number of aromatic nitrogens is 1. The minimum atomic E-state index is -0.883. The molecule has 0 saturated heterocycles. The Hall–Kier alpha value is -3.27. The molecule has 0 saturated carbocycles. The van der Waals surface area contributed by atoms with E-state index in [2.05, 4.69) is 16.4 Å². The lowest BCUT2D eigenvalue weighted by molar-refractivity contribution is 0.0944. The number of methoxy groups -OCH3 is 3. The molecule has 0 bridgehead atoms. The van der Waals surface area contributed by atoms with Crippen LogP contribution in [-0.2, 0) is 0 Å². The van der Waals surface area contributed by atoms with Crippen LogP contribution < -0.4 is 19.5 Å². The predicted octanol–water partition coefficient (Wildman–Crippen LogP) is 2.10. The first-order valence-electron chi connectivity index (χ1n) is 7.05. The van der Waals surface area contributed by atoms with Crippen molar-refractivity contribution in [3.8, 4) is 23.3 Å². The monoisotopic (exact) mass is 327 g/mol. The summed E-state index contributed by atoms with van der Waals surface area (Å²) < 4.78 is 15.8. The highest BCUT2D eigenvalue weighted by Crippen LogP contribution is 2.39. The van der Waals surface area contributed by atoms with Gasteiger partial charge in [-0.2, -0.15) is 5.26 Å². The van der Waals surface area contributed by atoms with Crippen molar-refractivity contribution < 1.29 is 19.0 Å². The molecule has 0 radical (unpaired) electrons. The average molecular weight is 327 g/mol. The molecular formula is C17H17N3O4. The highest BCUT2D eigenvalue weighted by Gasteiger charge is 2.20. The van der Waals surface area contributed by atoms with Gasteiger partial charge in [-0.25, -0.2) is 0 Å². The van der Waals surface area contributed by atoms with Crippen LogP contribution in [0.4, 0.5) is 0 Å². The minimum absolute atomic E-state index is 0.366. The van der Waals surface area contributed by atoms with E-state index in [-0.39, 0.29) is 0 Å². The molecule has 2 rings (SSSR count). The number of rotatable bonds is 6. The fourth-order valence-electron chi connectivity index (χ4n) is 2.17. The van der Waals surface area contributed by atoms with E-state index in [0.717, 1.165) is 0 Å². The van der Waals surface area contributed by atoms with Gasteiger partial charge < -0.3 is 19.5 Å². The molecule has 0 fully saturated rings. The number of amides is 1. The van der Waals surface area contributed by atoms with Gasteiger partial charge in [0.25, 0.3) is 5.91 Å². The van der Waals surface area contributed by atoms with Gasteiger partial charge in [-0.1, -0.05) is 0 Å². The van der Waals surface area contributed by atoms with Crippen LogP contribution in [0.15, 0.2) is 36.7 Å². The zero-order valence-electron chi connectivity index (χ0n) is 13.6. The van der Waals surface area contributed by atoms with Gasteiger partial charge in [0.2, 0.25) is 5.75 Å². The molecule has 24 heavy (non-hydrogen) atoms. The first kappa shape index (κ1) is 17.1. The van der Waals surface area contributed by atoms with Gasteiger partial charge in [0.1, 0.15) is 6.04 Å². The Bertz CT molecular complexity index is 731. The molecule has 0 aliphatic heterocycles. The summed E-state index contributed by atoms with van der Waals surface area (Å²) in [6.45, 7) is 0. The predicted molar refractivity (Wildman–Crippen MR) is 86.2 cm³/mol. The molecule has 1 aromatic carbocycles. The third-order valence-electron chi connectivity index (χ3n) is 3.35. The van der Waals surface area contributed by atoms with Crippen LogP contribution in [0.2, 0.25) is 0 Å². The number of carbonyl (C=O) groups is 1. The maximum Gasteiger partial charge on any atom is 0.254 e. The Morgan fingerprint density at radius 3 is 2.33 bits per heavy atom. The summed E-state index contributed by atoms with van der Waals surface area (Å²) in [6, 6.07) is 7.68. The molecule has 1 unspecified atom stereocenters. The van der Waals surface area contributed by atoms with Gasteiger partial charge in [-0.3, -0.25) is 9.78 Å². The lowest BCUT2D eigenvalue weighted by Gasteiger charge is -2.17. The van der Waals surface area contributed by atoms with Crippen molar-refractivity contribution >= 4 is 5.91 Å². The molecule has 1 N–H and O–H groups in total. The Morgan fingerprint density at radius 1 is 1.21 bits per heavy atom. The van der Waals surface area contributed by atoms with E-state index in [4.69, 9.17) is 14.2 Å². The molecule has 1 heterocycles. The molecule has 124 valence electrons. The van der Waals surface area contributed by atoms with E-state index in [1.807, 2.05) is 0 Å². The van der Waals surface area contributed by atoms with Crippen molar-refractivity contribution in [2.75, 3.05) is 21.3 Å². The summed E-state index contributed by atoms with van der Waals surface area (Å²) in [5.74, 6) is 0.827. The molecule has 2 aromatic rings. The van der Waals surface area contributed by atoms with Crippen LogP contribution in [0, 0.1) is 11.3 Å². The number of nitrogens with one attached hydrogen (secondary N) is 1. The number of ether oxygens (including phenoxy) is 3. The minimum Gasteiger partial charge on any atom is -0.493 e. The molecule has 1 atom stereocenters. The lowest BCUT2D eigenvalue weighted by atomic mass is 10.1. The van der Waals surface area contributed by atoms with Crippen LogP contribution >= 0.6 is 0 Å². The number of nitriles is 1. The van der Waals surface area contributed by atoms with E-state index in [0.29, 0.717) is 28.4 Å². The standard InChI is InChI=1S/C17H17N3O4/c1-22-14-7-12(8-15(23-2)16(14)24-3)13(9-18)20-17(21)11-5-4-6-19-10-11/h4-8,10,13H,1-3H3,(H,20,21). The maximum absolute atomic E-state index is 12.2. The van der Waals surface area contributed by atoms with E-state index < -0.39 is 11.9 Å². The normalized spacial score (nSPS) is 11.1. The van der Waals surface area contributed by atoms with Crippen molar-refractivity contribution in [3.63, 3.8) is 0 Å². The van der Waals surface area contributed by atoms with Crippen LogP contribution in [-0.4, -0.2) is 32.2 Å². The molecule has 7 nitrogen and oxygen atoms in total. The molecule has 0 aliphatic carbocycles. The molecule has 0 aliphatic rings. The van der Waals surface area contributed by atoms with Crippen molar-refractivity contribution in [2.24, 2.45) is 0 Å². The second-order valence-electron chi connectivity index (χ2n) is 4.74. The van der Waals surface area contributed by atoms with Gasteiger partial charge >= 0.3 is 0 Å². The molecule has 7 heteroatoms. The van der Waals surface area contributed by atoms with Gasteiger partial charge in [0, 0.05) is 12.4 Å². The van der Waals surface area contributed by atoms with Crippen LogP contribution in [0.1, 0.15) is 22.0 Å². The van der Waals surface area contributed by atoms with Crippen molar-refractivity contribution in [2.45, 2.75) is 6.04 Å². The third-order valence-corrected chi connectivity index (χ3v) is 3.35. The number of carbonyl (C=O) groups excluding carboxylic acids is 1. The van der Waals surface area contributed by atoms with Crippen molar-refractivity contribution in [1.29, 1.82) is 5.26 Å². The van der Waals surface area contributed by atoms with E-state index in [1.165, 1.54) is 27.5 Å². The van der Waals surface area contributed by atoms with E-state index >= 15 is 0 Å². The van der Waals surface area contributed by atoms with Crippen LogP contribution in [0.3, 0.4) is 0 Å². The highest BCUT2D eigenvalue weighted by molar-refractivity contribution is 5.94. The fourth-order valence-corrected chi connectivity index (χ4v) is 2.17.